The van der Waals surface area contributed by atoms with Crippen molar-refractivity contribution in [3.05, 3.63) is 65.7 Å². The Bertz CT molecular complexity index is 760. The first kappa shape index (κ1) is 13.4. The molecule has 0 bridgehead atoms. The standard InChI is InChI=1S/C18H18N2O/c1-3-16-17(14-9-5-4-6-10-14)20(19-18(16)21)15-11-7-8-13(2)12-15/h4-12H,3H2,1-2H3,(H,19,21). The van der Waals surface area contributed by atoms with E-state index in [-0.39, 0.29) is 5.88 Å². The Morgan fingerprint density at radius 1 is 1.05 bits per heavy atom. The summed E-state index contributed by atoms with van der Waals surface area (Å²) < 4.78 is 1.83. The summed E-state index contributed by atoms with van der Waals surface area (Å²) in [5.41, 5.74) is 5.02. The fourth-order valence-corrected chi connectivity index (χ4v) is 2.60. The minimum Gasteiger partial charge on any atom is -0.492 e. The molecule has 0 radical (unpaired) electrons. The number of aryl methyl sites for hydroxylation is 1. The van der Waals surface area contributed by atoms with Crippen molar-refractivity contribution in [3.8, 4) is 22.8 Å². The molecule has 21 heavy (non-hydrogen) atoms. The van der Waals surface area contributed by atoms with Crippen molar-refractivity contribution in [2.75, 3.05) is 0 Å². The second-order valence-electron chi connectivity index (χ2n) is 5.12. The third kappa shape index (κ3) is 2.42. The van der Waals surface area contributed by atoms with Gasteiger partial charge in [-0.15, -0.1) is 5.10 Å². The molecule has 3 heteroatoms. The van der Waals surface area contributed by atoms with Gasteiger partial charge in [-0.2, -0.15) is 0 Å². The minimum atomic E-state index is 0.109. The second kappa shape index (κ2) is 5.44. The molecule has 0 saturated carbocycles. The molecule has 2 aromatic carbocycles. The predicted molar refractivity (Wildman–Crippen MR) is 84.8 cm³/mol. The van der Waals surface area contributed by atoms with Crippen LogP contribution in [0.5, 0.6) is 5.88 Å². The van der Waals surface area contributed by atoms with Gasteiger partial charge in [0.25, 0.3) is 0 Å². The molecule has 0 spiro atoms. The molecule has 1 N–H and O–H groups in total. The molecule has 1 heterocycles. The molecule has 0 aliphatic heterocycles. The van der Waals surface area contributed by atoms with Crippen molar-refractivity contribution in [3.63, 3.8) is 0 Å². The van der Waals surface area contributed by atoms with Crippen molar-refractivity contribution in [2.45, 2.75) is 20.3 Å². The SMILES string of the molecule is CCc1c(O)nn(-c2cccc(C)c2)c1-c1ccccc1. The highest BCUT2D eigenvalue weighted by atomic mass is 16.3. The first-order valence-corrected chi connectivity index (χ1v) is 7.14. The summed E-state index contributed by atoms with van der Waals surface area (Å²) in [5, 5.41) is 14.5. The van der Waals surface area contributed by atoms with Gasteiger partial charge in [-0.3, -0.25) is 0 Å². The van der Waals surface area contributed by atoms with Gasteiger partial charge in [-0.05, 0) is 31.0 Å². The van der Waals surface area contributed by atoms with E-state index in [0.717, 1.165) is 28.9 Å². The van der Waals surface area contributed by atoms with Gasteiger partial charge in [0.15, 0.2) is 0 Å². The molecule has 0 atom stereocenters. The molecule has 3 aromatic rings. The van der Waals surface area contributed by atoms with E-state index in [4.69, 9.17) is 0 Å². The second-order valence-corrected chi connectivity index (χ2v) is 5.12. The van der Waals surface area contributed by atoms with Crippen LogP contribution in [0.4, 0.5) is 0 Å². The molecule has 0 aliphatic carbocycles. The zero-order valence-electron chi connectivity index (χ0n) is 12.2. The number of aromatic nitrogens is 2. The molecule has 0 fully saturated rings. The Hall–Kier alpha value is -2.55. The Labute approximate surface area is 124 Å². The summed E-state index contributed by atoms with van der Waals surface area (Å²) >= 11 is 0. The molecule has 1 aromatic heterocycles. The van der Waals surface area contributed by atoms with E-state index in [1.165, 1.54) is 5.56 Å². The maximum absolute atomic E-state index is 10.2. The largest absolute Gasteiger partial charge is 0.492 e. The Morgan fingerprint density at radius 2 is 1.81 bits per heavy atom. The van der Waals surface area contributed by atoms with Gasteiger partial charge < -0.3 is 5.11 Å². The summed E-state index contributed by atoms with van der Waals surface area (Å²) in [6.07, 6.45) is 0.738. The normalized spacial score (nSPS) is 10.8. The summed E-state index contributed by atoms with van der Waals surface area (Å²) in [4.78, 5) is 0. The number of rotatable bonds is 3. The Morgan fingerprint density at radius 3 is 2.48 bits per heavy atom. The van der Waals surface area contributed by atoms with Crippen LogP contribution in [0.25, 0.3) is 16.9 Å². The minimum absolute atomic E-state index is 0.109. The van der Waals surface area contributed by atoms with E-state index >= 15 is 0 Å². The zero-order chi connectivity index (χ0) is 14.8. The lowest BCUT2D eigenvalue weighted by molar-refractivity contribution is 0.443. The van der Waals surface area contributed by atoms with Crippen LogP contribution >= 0.6 is 0 Å². The highest BCUT2D eigenvalue weighted by Crippen LogP contribution is 2.32. The van der Waals surface area contributed by atoms with Gasteiger partial charge in [-0.25, -0.2) is 4.68 Å². The van der Waals surface area contributed by atoms with Gasteiger partial charge in [0, 0.05) is 11.1 Å². The van der Waals surface area contributed by atoms with Crippen LogP contribution < -0.4 is 0 Å². The van der Waals surface area contributed by atoms with Crippen molar-refractivity contribution >= 4 is 0 Å². The lowest BCUT2D eigenvalue weighted by atomic mass is 10.1. The highest BCUT2D eigenvalue weighted by Gasteiger charge is 2.18. The number of hydrogen-bond acceptors (Lipinski definition) is 2. The number of benzene rings is 2. The molecular formula is C18H18N2O. The predicted octanol–water partition coefficient (Wildman–Crippen LogP) is 4.12. The first-order chi connectivity index (χ1) is 10.2. The van der Waals surface area contributed by atoms with Gasteiger partial charge >= 0.3 is 0 Å². The Balaban J connectivity index is 2.27. The maximum Gasteiger partial charge on any atom is 0.234 e. The first-order valence-electron chi connectivity index (χ1n) is 7.14. The molecule has 0 unspecified atom stereocenters. The van der Waals surface area contributed by atoms with E-state index in [2.05, 4.69) is 24.2 Å². The maximum atomic E-state index is 10.2. The van der Waals surface area contributed by atoms with Crippen LogP contribution in [0, 0.1) is 6.92 Å². The summed E-state index contributed by atoms with van der Waals surface area (Å²) in [7, 11) is 0. The van der Waals surface area contributed by atoms with Crippen molar-refractivity contribution in [1.82, 2.24) is 9.78 Å². The summed E-state index contributed by atoms with van der Waals surface area (Å²) in [5.74, 6) is 0.109. The number of hydrogen-bond donors (Lipinski definition) is 1. The lowest BCUT2D eigenvalue weighted by Crippen LogP contribution is -2.00. The highest BCUT2D eigenvalue weighted by molar-refractivity contribution is 5.68. The van der Waals surface area contributed by atoms with Crippen LogP contribution in [0.1, 0.15) is 18.1 Å². The third-order valence-electron chi connectivity index (χ3n) is 3.61. The van der Waals surface area contributed by atoms with E-state index in [1.807, 2.05) is 54.1 Å². The van der Waals surface area contributed by atoms with Crippen LogP contribution in [0.15, 0.2) is 54.6 Å². The molecular weight excluding hydrogens is 260 g/mol. The summed E-state index contributed by atoms with van der Waals surface area (Å²) in [6, 6.07) is 18.2. The van der Waals surface area contributed by atoms with E-state index in [9.17, 15) is 5.11 Å². The zero-order valence-corrected chi connectivity index (χ0v) is 12.2. The summed E-state index contributed by atoms with van der Waals surface area (Å²) in [6.45, 7) is 4.08. The molecule has 0 amide bonds. The smallest absolute Gasteiger partial charge is 0.234 e. The number of nitrogens with zero attached hydrogens (tertiary/aromatic N) is 2. The van der Waals surface area contributed by atoms with Gasteiger partial charge in [0.2, 0.25) is 5.88 Å². The van der Waals surface area contributed by atoms with Crippen molar-refractivity contribution in [2.24, 2.45) is 0 Å². The van der Waals surface area contributed by atoms with Gasteiger partial charge in [0.1, 0.15) is 0 Å². The Kier molecular flexibility index (Phi) is 3.48. The van der Waals surface area contributed by atoms with E-state index in [0.29, 0.717) is 0 Å². The third-order valence-corrected chi connectivity index (χ3v) is 3.61. The van der Waals surface area contributed by atoms with E-state index in [1.54, 1.807) is 0 Å². The fourth-order valence-electron chi connectivity index (χ4n) is 2.60. The fraction of sp³-hybridized carbons (Fsp3) is 0.167. The number of aromatic hydroxyl groups is 1. The van der Waals surface area contributed by atoms with Gasteiger partial charge in [-0.1, -0.05) is 49.4 Å². The topological polar surface area (TPSA) is 38.1 Å². The lowest BCUT2D eigenvalue weighted by Gasteiger charge is -2.09. The van der Waals surface area contributed by atoms with E-state index < -0.39 is 0 Å². The average Bonchev–Trinajstić information content (AvgIpc) is 2.85. The van der Waals surface area contributed by atoms with Crippen molar-refractivity contribution in [1.29, 1.82) is 0 Å². The molecule has 106 valence electrons. The molecule has 3 rings (SSSR count). The van der Waals surface area contributed by atoms with Crippen LogP contribution in [-0.2, 0) is 6.42 Å². The average molecular weight is 278 g/mol. The van der Waals surface area contributed by atoms with Crippen LogP contribution in [-0.4, -0.2) is 14.9 Å². The van der Waals surface area contributed by atoms with Crippen LogP contribution in [0.3, 0.4) is 0 Å². The van der Waals surface area contributed by atoms with Crippen molar-refractivity contribution < 1.29 is 5.11 Å². The quantitative estimate of drug-likeness (QED) is 0.782. The van der Waals surface area contributed by atoms with Gasteiger partial charge in [0.05, 0.1) is 11.4 Å². The monoisotopic (exact) mass is 278 g/mol. The molecule has 0 saturated heterocycles. The van der Waals surface area contributed by atoms with Crippen LogP contribution in [0.2, 0.25) is 0 Å². The molecule has 0 aliphatic rings. The molecule has 3 nitrogen and oxygen atoms in total.